The zero-order valence-corrected chi connectivity index (χ0v) is 16.1. The summed E-state index contributed by atoms with van der Waals surface area (Å²) in [5.74, 6) is -1.08. The number of ether oxygens (including phenoxy) is 1. The number of rotatable bonds is 5. The molecule has 1 aromatic heterocycles. The number of methoxy groups -OCH3 is 1. The van der Waals surface area contributed by atoms with E-state index in [9.17, 15) is 14.7 Å². The van der Waals surface area contributed by atoms with E-state index in [4.69, 9.17) is 4.74 Å². The minimum Gasteiger partial charge on any atom is -0.481 e. The van der Waals surface area contributed by atoms with E-state index in [1.807, 2.05) is 35.0 Å². The molecule has 4 rings (SSSR count). The molecule has 0 saturated carbocycles. The zero-order chi connectivity index (χ0) is 19.7. The Kier molecular flexibility index (Phi) is 4.93. The van der Waals surface area contributed by atoms with E-state index < -0.39 is 11.4 Å². The molecule has 0 spiro atoms. The van der Waals surface area contributed by atoms with Crippen LogP contribution in [0.1, 0.15) is 41.0 Å². The van der Waals surface area contributed by atoms with Crippen LogP contribution in [0.4, 0.5) is 0 Å². The molecule has 1 saturated heterocycles. The van der Waals surface area contributed by atoms with E-state index in [0.29, 0.717) is 25.1 Å². The standard InChI is InChI=1S/C21H25N3O4/c1-28-14-21(20(26)27)11-6-12-23(13-21)19(25)18-16-9-5-10-17(16)24(22-18)15-7-3-2-4-8-15/h2-4,7-8H,5-6,9-14H2,1H3,(H,26,27). The van der Waals surface area contributed by atoms with Crippen molar-refractivity contribution in [2.45, 2.75) is 32.1 Å². The molecular formula is C21H25N3O4. The van der Waals surface area contributed by atoms with Crippen LogP contribution in [-0.4, -0.2) is 58.5 Å². The van der Waals surface area contributed by atoms with Gasteiger partial charge in [0.15, 0.2) is 5.69 Å². The van der Waals surface area contributed by atoms with Gasteiger partial charge in [-0.05, 0) is 44.2 Å². The van der Waals surface area contributed by atoms with Crippen molar-refractivity contribution >= 4 is 11.9 Å². The summed E-state index contributed by atoms with van der Waals surface area (Å²) in [4.78, 5) is 26.9. The monoisotopic (exact) mass is 383 g/mol. The largest absolute Gasteiger partial charge is 0.481 e. The molecule has 7 nitrogen and oxygen atoms in total. The van der Waals surface area contributed by atoms with Crippen LogP contribution in [0.2, 0.25) is 0 Å². The summed E-state index contributed by atoms with van der Waals surface area (Å²) in [5, 5.41) is 14.4. The number of likely N-dealkylation sites (tertiary alicyclic amines) is 1. The minimum absolute atomic E-state index is 0.0999. The van der Waals surface area contributed by atoms with Crippen LogP contribution in [0.5, 0.6) is 0 Å². The second-order valence-corrected chi connectivity index (χ2v) is 7.72. The van der Waals surface area contributed by atoms with Crippen molar-refractivity contribution in [1.82, 2.24) is 14.7 Å². The average Bonchev–Trinajstić information content (AvgIpc) is 3.31. The van der Waals surface area contributed by atoms with Crippen LogP contribution >= 0.6 is 0 Å². The first-order chi connectivity index (χ1) is 13.6. The molecule has 0 bridgehead atoms. The third-order valence-corrected chi connectivity index (χ3v) is 5.87. The summed E-state index contributed by atoms with van der Waals surface area (Å²) in [5.41, 5.74) is 2.46. The lowest BCUT2D eigenvalue weighted by atomic mass is 9.80. The molecule has 28 heavy (non-hydrogen) atoms. The molecule has 1 unspecified atom stereocenters. The van der Waals surface area contributed by atoms with E-state index in [0.717, 1.165) is 36.2 Å². The Morgan fingerprint density at radius 1 is 1.21 bits per heavy atom. The van der Waals surface area contributed by atoms with Crippen molar-refractivity contribution in [3.63, 3.8) is 0 Å². The van der Waals surface area contributed by atoms with Gasteiger partial charge in [0, 0.05) is 31.5 Å². The Bertz CT molecular complexity index is 889. The maximum absolute atomic E-state index is 13.3. The number of benzene rings is 1. The van der Waals surface area contributed by atoms with Gasteiger partial charge in [-0.3, -0.25) is 9.59 Å². The molecule has 1 atom stereocenters. The van der Waals surface area contributed by atoms with E-state index in [2.05, 4.69) is 5.10 Å². The Morgan fingerprint density at radius 3 is 2.71 bits per heavy atom. The summed E-state index contributed by atoms with van der Waals surface area (Å²) in [6, 6.07) is 9.82. The maximum Gasteiger partial charge on any atom is 0.313 e. The molecule has 1 fully saturated rings. The zero-order valence-electron chi connectivity index (χ0n) is 16.1. The number of fused-ring (bicyclic) bond motifs is 1. The summed E-state index contributed by atoms with van der Waals surface area (Å²) in [7, 11) is 1.50. The number of carbonyl (C=O) groups is 2. The number of carboxylic acid groups (broad SMARTS) is 1. The molecule has 7 heteroatoms. The molecule has 2 aromatic rings. The molecule has 1 amide bonds. The third kappa shape index (κ3) is 3.09. The van der Waals surface area contributed by atoms with Gasteiger partial charge >= 0.3 is 5.97 Å². The van der Waals surface area contributed by atoms with E-state index in [1.54, 1.807) is 4.90 Å². The number of piperidine rings is 1. The van der Waals surface area contributed by atoms with E-state index in [1.165, 1.54) is 7.11 Å². The second kappa shape index (κ2) is 7.39. The Labute approximate surface area is 163 Å². The van der Waals surface area contributed by atoms with Crippen LogP contribution < -0.4 is 0 Å². The molecule has 2 heterocycles. The van der Waals surface area contributed by atoms with Gasteiger partial charge in [0.05, 0.1) is 12.3 Å². The van der Waals surface area contributed by atoms with Crippen molar-refractivity contribution in [1.29, 1.82) is 0 Å². The molecule has 1 aromatic carbocycles. The van der Waals surface area contributed by atoms with Crippen molar-refractivity contribution in [3.05, 3.63) is 47.3 Å². The quantitative estimate of drug-likeness (QED) is 0.857. The Morgan fingerprint density at radius 2 is 2.00 bits per heavy atom. The second-order valence-electron chi connectivity index (χ2n) is 7.72. The number of carbonyl (C=O) groups excluding carboxylic acids is 1. The highest BCUT2D eigenvalue weighted by atomic mass is 16.5. The van der Waals surface area contributed by atoms with Gasteiger partial charge in [-0.1, -0.05) is 18.2 Å². The van der Waals surface area contributed by atoms with Crippen molar-refractivity contribution in [2.24, 2.45) is 5.41 Å². The predicted molar refractivity (Wildman–Crippen MR) is 103 cm³/mol. The smallest absolute Gasteiger partial charge is 0.313 e. The lowest BCUT2D eigenvalue weighted by molar-refractivity contribution is -0.155. The normalized spacial score (nSPS) is 21.5. The van der Waals surface area contributed by atoms with Gasteiger partial charge in [-0.25, -0.2) is 4.68 Å². The Balaban J connectivity index is 1.66. The lowest BCUT2D eigenvalue weighted by Gasteiger charge is -2.39. The number of aliphatic carboxylic acids is 1. The molecular weight excluding hydrogens is 358 g/mol. The number of hydrogen-bond acceptors (Lipinski definition) is 4. The maximum atomic E-state index is 13.3. The van der Waals surface area contributed by atoms with Crippen LogP contribution in [0, 0.1) is 5.41 Å². The highest BCUT2D eigenvalue weighted by molar-refractivity contribution is 5.95. The number of para-hydroxylation sites is 1. The van der Waals surface area contributed by atoms with Gasteiger partial charge in [0.2, 0.25) is 0 Å². The average molecular weight is 383 g/mol. The highest BCUT2D eigenvalue weighted by Gasteiger charge is 2.44. The first-order valence-corrected chi connectivity index (χ1v) is 9.73. The fraction of sp³-hybridized carbons (Fsp3) is 0.476. The summed E-state index contributed by atoms with van der Waals surface area (Å²) in [6.07, 6.45) is 3.88. The molecule has 0 radical (unpaired) electrons. The van der Waals surface area contributed by atoms with E-state index >= 15 is 0 Å². The third-order valence-electron chi connectivity index (χ3n) is 5.87. The molecule has 1 aliphatic carbocycles. The summed E-state index contributed by atoms with van der Waals surface area (Å²) < 4.78 is 7.05. The number of aromatic nitrogens is 2. The van der Waals surface area contributed by atoms with Gasteiger partial charge in [0.25, 0.3) is 5.91 Å². The lowest BCUT2D eigenvalue weighted by Crippen LogP contribution is -2.52. The van der Waals surface area contributed by atoms with Crippen molar-refractivity contribution < 1.29 is 19.4 Å². The predicted octanol–water partition coefficient (Wildman–Crippen LogP) is 2.31. The Hall–Kier alpha value is -2.67. The number of nitrogens with zero attached hydrogens (tertiary/aromatic N) is 3. The highest BCUT2D eigenvalue weighted by Crippen LogP contribution is 2.33. The van der Waals surface area contributed by atoms with E-state index in [-0.39, 0.29) is 19.1 Å². The SMILES string of the molecule is COCC1(C(=O)O)CCCN(C(=O)c2nn(-c3ccccc3)c3c2CCC3)C1. The van der Waals surface area contributed by atoms with Crippen molar-refractivity contribution in [3.8, 4) is 5.69 Å². The summed E-state index contributed by atoms with van der Waals surface area (Å²) >= 11 is 0. The van der Waals surface area contributed by atoms with Gasteiger partial charge in [-0.2, -0.15) is 5.10 Å². The van der Waals surface area contributed by atoms with Gasteiger partial charge in [-0.15, -0.1) is 0 Å². The number of amides is 1. The fourth-order valence-corrected chi connectivity index (χ4v) is 4.48. The van der Waals surface area contributed by atoms with Gasteiger partial charge < -0.3 is 14.7 Å². The topological polar surface area (TPSA) is 84.7 Å². The number of carboxylic acids is 1. The van der Waals surface area contributed by atoms with Crippen LogP contribution in [0.25, 0.3) is 5.69 Å². The minimum atomic E-state index is -1.05. The van der Waals surface area contributed by atoms with Crippen LogP contribution in [-0.2, 0) is 22.4 Å². The van der Waals surface area contributed by atoms with Crippen LogP contribution in [0.3, 0.4) is 0 Å². The fourth-order valence-electron chi connectivity index (χ4n) is 4.48. The van der Waals surface area contributed by atoms with Crippen LogP contribution in [0.15, 0.2) is 30.3 Å². The molecule has 1 aliphatic heterocycles. The number of hydrogen-bond donors (Lipinski definition) is 1. The van der Waals surface area contributed by atoms with Gasteiger partial charge in [0.1, 0.15) is 5.41 Å². The first-order valence-electron chi connectivity index (χ1n) is 9.73. The molecule has 1 N–H and O–H groups in total. The molecule has 2 aliphatic rings. The first kappa shape index (κ1) is 18.7. The van der Waals surface area contributed by atoms with Crippen molar-refractivity contribution in [2.75, 3.05) is 26.8 Å². The summed E-state index contributed by atoms with van der Waals surface area (Å²) in [6.45, 7) is 0.801. The molecule has 148 valence electrons.